The fraction of sp³-hybridized carbons (Fsp3) is 0.667. The summed E-state index contributed by atoms with van der Waals surface area (Å²) in [5.41, 5.74) is 0.448. The zero-order valence-electron chi connectivity index (χ0n) is 17.9. The molecule has 0 bridgehead atoms. The molecule has 2 aromatic rings. The van der Waals surface area contributed by atoms with E-state index < -0.39 is 39.9 Å². The molecule has 0 unspecified atom stereocenters. The lowest BCUT2D eigenvalue weighted by atomic mass is 9.97. The van der Waals surface area contributed by atoms with E-state index in [1.165, 1.54) is 6.33 Å². The van der Waals surface area contributed by atoms with Crippen molar-refractivity contribution in [3.8, 4) is 0 Å². The first-order chi connectivity index (χ1) is 13.9. The number of imidazole rings is 1. The second kappa shape index (κ2) is 8.08. The minimum atomic E-state index is -3.74. The lowest BCUT2D eigenvalue weighted by Crippen LogP contribution is -2.34. The first-order valence-corrected chi connectivity index (χ1v) is 11.2. The Morgan fingerprint density at radius 1 is 1.30 bits per heavy atom. The first kappa shape index (κ1) is 22.4. The van der Waals surface area contributed by atoms with E-state index in [1.807, 2.05) is 19.0 Å². The van der Waals surface area contributed by atoms with E-state index in [0.717, 1.165) is 6.26 Å². The highest BCUT2D eigenvalue weighted by atomic mass is 32.2. The Kier molecular flexibility index (Phi) is 6.03. The van der Waals surface area contributed by atoms with Gasteiger partial charge in [-0.05, 0) is 20.8 Å². The summed E-state index contributed by atoms with van der Waals surface area (Å²) in [6.07, 6.45) is 2.02. The van der Waals surface area contributed by atoms with Gasteiger partial charge < -0.3 is 14.4 Å². The molecule has 166 valence electrons. The Hall–Kier alpha value is -2.31. The van der Waals surface area contributed by atoms with E-state index in [1.54, 1.807) is 31.7 Å². The molecule has 3 rings (SSSR count). The van der Waals surface area contributed by atoms with Gasteiger partial charge in [-0.1, -0.05) is 0 Å². The van der Waals surface area contributed by atoms with Gasteiger partial charge in [0.2, 0.25) is 0 Å². The zero-order chi connectivity index (χ0) is 22.3. The van der Waals surface area contributed by atoms with E-state index in [-0.39, 0.29) is 13.0 Å². The molecule has 1 fully saturated rings. The molecule has 30 heavy (non-hydrogen) atoms. The Balaban J connectivity index is 1.86. The number of hydrogen-bond donors (Lipinski definition) is 0. The van der Waals surface area contributed by atoms with Crippen LogP contribution in [0.3, 0.4) is 0 Å². The Morgan fingerprint density at radius 2 is 2.00 bits per heavy atom. The molecule has 1 aliphatic heterocycles. The van der Waals surface area contributed by atoms with Crippen LogP contribution >= 0.6 is 0 Å². The molecule has 0 amide bonds. The highest BCUT2D eigenvalue weighted by Crippen LogP contribution is 2.34. The molecule has 3 atom stereocenters. The highest BCUT2D eigenvalue weighted by Gasteiger charge is 2.41. The van der Waals surface area contributed by atoms with Crippen LogP contribution < -0.4 is 4.90 Å². The molecule has 0 aliphatic carbocycles. The van der Waals surface area contributed by atoms with Crippen LogP contribution in [0.4, 0.5) is 5.82 Å². The van der Waals surface area contributed by atoms with Crippen LogP contribution in [-0.2, 0) is 28.6 Å². The van der Waals surface area contributed by atoms with Crippen molar-refractivity contribution in [1.29, 1.82) is 0 Å². The average molecular weight is 442 g/mol. The molecule has 0 N–H and O–H groups in total. The second-order valence-corrected chi connectivity index (χ2v) is 10.1. The van der Waals surface area contributed by atoms with Crippen LogP contribution in [0, 0.1) is 5.41 Å². The number of carbonyl (C=O) groups is 1. The molecular weight excluding hydrogens is 414 g/mol. The number of rotatable bonds is 6. The second-order valence-electron chi connectivity index (χ2n) is 8.47. The van der Waals surface area contributed by atoms with Gasteiger partial charge in [-0.3, -0.25) is 13.5 Å². The van der Waals surface area contributed by atoms with E-state index >= 15 is 0 Å². The van der Waals surface area contributed by atoms with Gasteiger partial charge >= 0.3 is 5.97 Å². The molecule has 0 spiro atoms. The SMILES string of the molecule is CN(C)c1ncnc2c1ncn2[C@H]1C[C@@H](OS(C)(=O)=O)[C@@H](COC(=O)C(C)(C)C)O1. The van der Waals surface area contributed by atoms with E-state index in [2.05, 4.69) is 15.0 Å². The molecular formula is C18H27N5O6S. The number of ether oxygens (including phenoxy) is 2. The number of nitrogens with zero attached hydrogens (tertiary/aromatic N) is 5. The molecule has 3 heterocycles. The van der Waals surface area contributed by atoms with Crippen molar-refractivity contribution in [3.63, 3.8) is 0 Å². The van der Waals surface area contributed by atoms with Crippen molar-refractivity contribution in [1.82, 2.24) is 19.5 Å². The van der Waals surface area contributed by atoms with Gasteiger partial charge in [0.15, 0.2) is 17.0 Å². The molecule has 2 aromatic heterocycles. The molecule has 11 nitrogen and oxygen atoms in total. The van der Waals surface area contributed by atoms with Gasteiger partial charge in [0, 0.05) is 20.5 Å². The van der Waals surface area contributed by atoms with Crippen LogP contribution in [0.5, 0.6) is 0 Å². The van der Waals surface area contributed by atoms with Crippen LogP contribution in [0.1, 0.15) is 33.4 Å². The number of carbonyl (C=O) groups excluding carboxylic acids is 1. The van der Waals surface area contributed by atoms with Crippen LogP contribution in [0.25, 0.3) is 11.2 Å². The van der Waals surface area contributed by atoms with Gasteiger partial charge in [-0.15, -0.1) is 0 Å². The lowest BCUT2D eigenvalue weighted by molar-refractivity contribution is -0.158. The fourth-order valence-corrected chi connectivity index (χ4v) is 3.75. The predicted molar refractivity (Wildman–Crippen MR) is 108 cm³/mol. The summed E-state index contributed by atoms with van der Waals surface area (Å²) >= 11 is 0. The van der Waals surface area contributed by atoms with E-state index in [9.17, 15) is 13.2 Å². The largest absolute Gasteiger partial charge is 0.462 e. The Bertz CT molecular complexity index is 1030. The topological polar surface area (TPSA) is 126 Å². The maximum atomic E-state index is 12.1. The Labute approximate surface area is 175 Å². The summed E-state index contributed by atoms with van der Waals surface area (Å²) in [5, 5.41) is 0. The van der Waals surface area contributed by atoms with Gasteiger partial charge in [0.1, 0.15) is 31.4 Å². The van der Waals surface area contributed by atoms with Crippen molar-refractivity contribution in [2.45, 2.75) is 45.6 Å². The number of aromatic nitrogens is 4. The summed E-state index contributed by atoms with van der Waals surface area (Å²) in [4.78, 5) is 26.9. The third-order valence-corrected chi connectivity index (χ3v) is 5.14. The number of esters is 1. The molecule has 0 radical (unpaired) electrons. The molecule has 1 saturated heterocycles. The maximum Gasteiger partial charge on any atom is 0.311 e. The van der Waals surface area contributed by atoms with Gasteiger partial charge in [0.25, 0.3) is 10.1 Å². The highest BCUT2D eigenvalue weighted by molar-refractivity contribution is 7.86. The van der Waals surface area contributed by atoms with Crippen LogP contribution in [-0.4, -0.2) is 73.1 Å². The number of fused-ring (bicyclic) bond motifs is 1. The monoisotopic (exact) mass is 441 g/mol. The fourth-order valence-electron chi connectivity index (χ4n) is 3.10. The summed E-state index contributed by atoms with van der Waals surface area (Å²) in [5.74, 6) is 0.237. The number of hydrogen-bond acceptors (Lipinski definition) is 10. The quantitative estimate of drug-likeness (QED) is 0.475. The third-order valence-electron chi connectivity index (χ3n) is 4.54. The third kappa shape index (κ3) is 4.87. The van der Waals surface area contributed by atoms with Gasteiger partial charge in [-0.2, -0.15) is 8.42 Å². The normalized spacial score (nSPS) is 22.4. The van der Waals surface area contributed by atoms with E-state index in [0.29, 0.717) is 17.0 Å². The molecule has 0 saturated carbocycles. The summed E-state index contributed by atoms with van der Waals surface area (Å²) in [7, 11) is -0.0385. The number of anilines is 1. The maximum absolute atomic E-state index is 12.1. The minimum absolute atomic E-state index is 0.128. The summed E-state index contributed by atoms with van der Waals surface area (Å²) in [6, 6.07) is 0. The smallest absolute Gasteiger partial charge is 0.311 e. The van der Waals surface area contributed by atoms with Crippen LogP contribution in [0.2, 0.25) is 0 Å². The standard InChI is InChI=1S/C18H27N5O6S/c1-18(2,3)17(24)27-8-12-11(29-30(6,25)26)7-13(28-12)23-10-21-14-15(22(4)5)19-9-20-16(14)23/h9-13H,7-8H2,1-6H3/t11-,12-,13-/m1/s1. The minimum Gasteiger partial charge on any atom is -0.462 e. The van der Waals surface area contributed by atoms with Crippen LogP contribution in [0.15, 0.2) is 12.7 Å². The molecule has 1 aliphatic rings. The molecule has 0 aromatic carbocycles. The average Bonchev–Trinajstić information content (AvgIpc) is 3.20. The molecule has 12 heteroatoms. The first-order valence-electron chi connectivity index (χ1n) is 9.42. The van der Waals surface area contributed by atoms with Crippen molar-refractivity contribution in [3.05, 3.63) is 12.7 Å². The zero-order valence-corrected chi connectivity index (χ0v) is 18.7. The van der Waals surface area contributed by atoms with Gasteiger partial charge in [-0.25, -0.2) is 15.0 Å². The Morgan fingerprint density at radius 3 is 2.60 bits per heavy atom. The summed E-state index contributed by atoms with van der Waals surface area (Å²) in [6.45, 7) is 5.07. The van der Waals surface area contributed by atoms with Crippen molar-refractivity contribution < 1.29 is 26.9 Å². The van der Waals surface area contributed by atoms with Crippen molar-refractivity contribution >= 4 is 33.1 Å². The van der Waals surface area contributed by atoms with E-state index in [4.69, 9.17) is 13.7 Å². The van der Waals surface area contributed by atoms with Gasteiger partial charge in [0.05, 0.1) is 18.0 Å². The predicted octanol–water partition coefficient (Wildman–Crippen LogP) is 1.11. The summed E-state index contributed by atoms with van der Waals surface area (Å²) < 4.78 is 41.7. The van der Waals surface area contributed by atoms with Crippen molar-refractivity contribution in [2.75, 3.05) is 31.9 Å². The lowest BCUT2D eigenvalue weighted by Gasteiger charge is -2.21. The van der Waals surface area contributed by atoms with Crippen molar-refractivity contribution in [2.24, 2.45) is 5.41 Å².